The van der Waals surface area contributed by atoms with E-state index >= 15 is 0 Å². The number of hydrogen-bond acceptors (Lipinski definition) is 2. The minimum absolute atomic E-state index is 0.0262. The molecule has 2 rings (SSSR count). The van der Waals surface area contributed by atoms with Gasteiger partial charge in [-0.15, -0.1) is 0 Å². The summed E-state index contributed by atoms with van der Waals surface area (Å²) in [6.07, 6.45) is 1.11. The Hall–Kier alpha value is -3.35. The van der Waals surface area contributed by atoms with Gasteiger partial charge in [0, 0.05) is 11.3 Å². The van der Waals surface area contributed by atoms with Gasteiger partial charge in [-0.1, -0.05) is 19.2 Å². The van der Waals surface area contributed by atoms with Gasteiger partial charge < -0.3 is 11.1 Å². The zero-order valence-corrected chi connectivity index (χ0v) is 13.0. The smallest absolute Gasteiger partial charge is 0.247 e. The third-order valence-corrected chi connectivity index (χ3v) is 3.19. The topological polar surface area (TPSA) is 67.5 Å². The number of nitrogens with one attached hydrogen (secondary N) is 1. The van der Waals surface area contributed by atoms with Crippen LogP contribution in [0.4, 0.5) is 24.5 Å². The Labute approximate surface area is 142 Å². The Morgan fingerprint density at radius 2 is 1.80 bits per heavy atom. The second-order valence-corrected chi connectivity index (χ2v) is 4.97. The van der Waals surface area contributed by atoms with E-state index in [2.05, 4.69) is 23.5 Å². The molecule has 0 saturated heterocycles. The minimum atomic E-state index is -1.57. The molecule has 0 saturated carbocycles. The van der Waals surface area contributed by atoms with E-state index in [0.29, 0.717) is 11.4 Å². The van der Waals surface area contributed by atoms with Gasteiger partial charge in [-0.05, 0) is 42.0 Å². The first-order chi connectivity index (χ1) is 11.8. The number of carbonyl (C=O) groups excluding carboxylic acids is 1. The Kier molecular flexibility index (Phi) is 5.38. The van der Waals surface area contributed by atoms with Gasteiger partial charge in [-0.25, -0.2) is 18.2 Å². The highest BCUT2D eigenvalue weighted by Gasteiger charge is 2.13. The molecule has 4 nitrogen and oxygen atoms in total. The van der Waals surface area contributed by atoms with E-state index in [4.69, 9.17) is 5.73 Å². The molecular formula is C18H14F3N3O. The zero-order valence-electron chi connectivity index (χ0n) is 13.0. The highest BCUT2D eigenvalue weighted by molar-refractivity contribution is 6.21. The van der Waals surface area contributed by atoms with Crippen LogP contribution in [-0.4, -0.2) is 11.7 Å². The minimum Gasteiger partial charge on any atom is -0.383 e. The van der Waals surface area contributed by atoms with Crippen molar-refractivity contribution < 1.29 is 18.0 Å². The molecule has 0 aliphatic rings. The summed E-state index contributed by atoms with van der Waals surface area (Å²) in [5, 5.41) is 2.56. The van der Waals surface area contributed by atoms with Crippen LogP contribution in [0, 0.1) is 17.5 Å². The van der Waals surface area contributed by atoms with Gasteiger partial charge >= 0.3 is 0 Å². The largest absolute Gasteiger partial charge is 0.383 e. The molecule has 0 aliphatic heterocycles. The van der Waals surface area contributed by atoms with Gasteiger partial charge in [0.2, 0.25) is 5.91 Å². The molecule has 2 aromatic carbocycles. The molecule has 0 bridgehead atoms. The van der Waals surface area contributed by atoms with Crippen molar-refractivity contribution in [3.05, 3.63) is 78.6 Å². The Morgan fingerprint density at radius 3 is 2.40 bits per heavy atom. The SMILES string of the molecule is C=CC(=O)Nc1cccc(N=C(N)C(=C)c2cc(F)c(F)c(F)c2)c1. The van der Waals surface area contributed by atoms with Crippen LogP contribution in [0.1, 0.15) is 5.56 Å². The van der Waals surface area contributed by atoms with Crippen molar-refractivity contribution in [1.29, 1.82) is 0 Å². The molecule has 25 heavy (non-hydrogen) atoms. The fraction of sp³-hybridized carbons (Fsp3) is 0. The Morgan fingerprint density at radius 1 is 1.16 bits per heavy atom. The molecule has 0 unspecified atom stereocenters. The summed E-state index contributed by atoms with van der Waals surface area (Å²) < 4.78 is 39.6. The number of amidine groups is 1. The van der Waals surface area contributed by atoms with E-state index in [1.54, 1.807) is 18.2 Å². The number of amides is 1. The van der Waals surface area contributed by atoms with Crippen LogP contribution in [0.25, 0.3) is 5.57 Å². The quantitative estimate of drug-likeness (QED) is 0.373. The number of benzene rings is 2. The number of anilines is 1. The lowest BCUT2D eigenvalue weighted by molar-refractivity contribution is -0.111. The molecule has 3 N–H and O–H groups in total. The van der Waals surface area contributed by atoms with Crippen LogP contribution < -0.4 is 11.1 Å². The van der Waals surface area contributed by atoms with Crippen molar-refractivity contribution in [3.63, 3.8) is 0 Å². The van der Waals surface area contributed by atoms with E-state index < -0.39 is 23.4 Å². The second kappa shape index (κ2) is 7.48. The number of aliphatic imine (C=N–C) groups is 1. The second-order valence-electron chi connectivity index (χ2n) is 4.97. The van der Waals surface area contributed by atoms with E-state index in [-0.39, 0.29) is 17.0 Å². The van der Waals surface area contributed by atoms with Gasteiger partial charge in [0.15, 0.2) is 17.5 Å². The van der Waals surface area contributed by atoms with Crippen molar-refractivity contribution in [2.75, 3.05) is 5.32 Å². The van der Waals surface area contributed by atoms with Crippen molar-refractivity contribution in [3.8, 4) is 0 Å². The monoisotopic (exact) mass is 345 g/mol. The number of nitrogens with two attached hydrogens (primary N) is 1. The maximum atomic E-state index is 13.3. The van der Waals surface area contributed by atoms with Gasteiger partial charge in [0.1, 0.15) is 5.84 Å². The van der Waals surface area contributed by atoms with Crippen molar-refractivity contribution in [2.45, 2.75) is 0 Å². The fourth-order valence-corrected chi connectivity index (χ4v) is 1.93. The number of hydrogen-bond donors (Lipinski definition) is 2. The lowest BCUT2D eigenvalue weighted by atomic mass is 10.1. The van der Waals surface area contributed by atoms with E-state index in [1.165, 1.54) is 6.07 Å². The average Bonchev–Trinajstić information content (AvgIpc) is 2.58. The number of carbonyl (C=O) groups is 1. The summed E-state index contributed by atoms with van der Waals surface area (Å²) in [5.41, 5.74) is 6.64. The average molecular weight is 345 g/mol. The first-order valence-corrected chi connectivity index (χ1v) is 7.03. The van der Waals surface area contributed by atoms with Crippen LogP contribution in [0.2, 0.25) is 0 Å². The van der Waals surface area contributed by atoms with Crippen LogP contribution in [0.5, 0.6) is 0 Å². The molecular weight excluding hydrogens is 331 g/mol. The number of halogens is 3. The lowest BCUT2D eigenvalue weighted by Crippen LogP contribution is -2.13. The molecule has 0 radical (unpaired) electrons. The van der Waals surface area contributed by atoms with Crippen molar-refractivity contribution in [1.82, 2.24) is 0 Å². The fourth-order valence-electron chi connectivity index (χ4n) is 1.93. The highest BCUT2D eigenvalue weighted by Crippen LogP contribution is 2.22. The summed E-state index contributed by atoms with van der Waals surface area (Å²) in [6, 6.07) is 7.97. The van der Waals surface area contributed by atoms with E-state index in [9.17, 15) is 18.0 Å². The third kappa shape index (κ3) is 4.35. The third-order valence-electron chi connectivity index (χ3n) is 3.19. The predicted octanol–water partition coefficient (Wildman–Crippen LogP) is 3.93. The normalized spacial score (nSPS) is 11.1. The highest BCUT2D eigenvalue weighted by atomic mass is 19.2. The van der Waals surface area contributed by atoms with Crippen LogP contribution in [0.15, 0.2) is 60.6 Å². The van der Waals surface area contributed by atoms with Crippen LogP contribution in [0.3, 0.4) is 0 Å². The zero-order chi connectivity index (χ0) is 18.6. The van der Waals surface area contributed by atoms with E-state index in [0.717, 1.165) is 18.2 Å². The molecule has 7 heteroatoms. The standard InChI is InChI=1S/C18H14F3N3O/c1-3-16(25)23-12-5-4-6-13(9-12)24-18(22)10(2)11-7-14(19)17(21)15(20)8-11/h3-9H,1-2H2,(H2,22,24)(H,23,25). The number of nitrogens with zero attached hydrogens (tertiary/aromatic N) is 1. The van der Waals surface area contributed by atoms with Gasteiger partial charge in [-0.3, -0.25) is 4.79 Å². The van der Waals surface area contributed by atoms with Gasteiger partial charge in [0.25, 0.3) is 0 Å². The maximum absolute atomic E-state index is 13.3. The first kappa shape index (κ1) is 18.0. The summed E-state index contributed by atoms with van der Waals surface area (Å²) >= 11 is 0. The summed E-state index contributed by atoms with van der Waals surface area (Å²) in [7, 11) is 0. The maximum Gasteiger partial charge on any atom is 0.247 e. The molecule has 0 aliphatic carbocycles. The van der Waals surface area contributed by atoms with Crippen molar-refractivity contribution >= 4 is 28.7 Å². The molecule has 128 valence electrons. The van der Waals surface area contributed by atoms with Crippen molar-refractivity contribution in [2.24, 2.45) is 10.7 Å². The Balaban J connectivity index is 2.29. The summed E-state index contributed by atoms with van der Waals surface area (Å²) in [5.74, 6) is -4.78. The van der Waals surface area contributed by atoms with E-state index in [1.807, 2.05) is 0 Å². The van der Waals surface area contributed by atoms with Gasteiger partial charge in [-0.2, -0.15) is 0 Å². The summed E-state index contributed by atoms with van der Waals surface area (Å²) in [6.45, 7) is 6.97. The predicted molar refractivity (Wildman–Crippen MR) is 91.9 cm³/mol. The van der Waals surface area contributed by atoms with Gasteiger partial charge in [0.05, 0.1) is 5.69 Å². The van der Waals surface area contributed by atoms with Crippen LogP contribution >= 0.6 is 0 Å². The summed E-state index contributed by atoms with van der Waals surface area (Å²) in [4.78, 5) is 15.4. The first-order valence-electron chi connectivity index (χ1n) is 7.03. The lowest BCUT2D eigenvalue weighted by Gasteiger charge is -2.08. The molecule has 1 amide bonds. The number of rotatable bonds is 5. The molecule has 0 atom stereocenters. The molecule has 2 aromatic rings. The van der Waals surface area contributed by atoms with Crippen LogP contribution in [-0.2, 0) is 4.79 Å². The molecule has 0 spiro atoms. The molecule has 0 fully saturated rings. The molecule has 0 heterocycles. The molecule has 0 aromatic heterocycles. The Bertz CT molecular complexity index is 868.